The molecule has 122 valence electrons. The third-order valence-electron chi connectivity index (χ3n) is 3.55. The fourth-order valence-electron chi connectivity index (χ4n) is 2.35. The third-order valence-corrected chi connectivity index (χ3v) is 5.01. The van der Waals surface area contributed by atoms with Crippen LogP contribution < -0.4 is 9.62 Å². The molecule has 1 N–H and O–H groups in total. The van der Waals surface area contributed by atoms with Crippen molar-refractivity contribution >= 4 is 21.6 Å². The molecule has 0 bridgehead atoms. The van der Waals surface area contributed by atoms with Crippen molar-refractivity contribution in [1.29, 1.82) is 0 Å². The Balaban J connectivity index is 2.10. The topological polar surface area (TPSA) is 75.7 Å². The monoisotopic (exact) mass is 326 g/mol. The predicted molar refractivity (Wildman–Crippen MR) is 84.4 cm³/mol. The Labute approximate surface area is 131 Å². The molecule has 7 heteroatoms. The average Bonchev–Trinajstić information content (AvgIpc) is 2.47. The molecule has 1 aromatic carbocycles. The second-order valence-electron chi connectivity index (χ2n) is 5.56. The molecule has 0 fully saturated rings. The summed E-state index contributed by atoms with van der Waals surface area (Å²) in [5, 5.41) is 0. The molecule has 0 atom stereocenters. The van der Waals surface area contributed by atoms with Crippen molar-refractivity contribution in [3.63, 3.8) is 0 Å². The number of sulfonamides is 1. The molecule has 1 amide bonds. The highest BCUT2D eigenvalue weighted by Crippen LogP contribution is 2.28. The van der Waals surface area contributed by atoms with Crippen LogP contribution in [0.3, 0.4) is 0 Å². The molecule has 6 nitrogen and oxygen atoms in total. The number of carbonyl (C=O) groups excluding carboxylic acids is 1. The number of rotatable bonds is 6. The van der Waals surface area contributed by atoms with Crippen LogP contribution in [-0.4, -0.2) is 40.6 Å². The van der Waals surface area contributed by atoms with Crippen LogP contribution in [0.5, 0.6) is 0 Å². The van der Waals surface area contributed by atoms with Gasteiger partial charge in [0, 0.05) is 25.7 Å². The lowest BCUT2D eigenvalue weighted by Crippen LogP contribution is -2.32. The first-order valence-electron chi connectivity index (χ1n) is 7.32. The van der Waals surface area contributed by atoms with E-state index < -0.39 is 10.0 Å². The molecule has 1 heterocycles. The van der Waals surface area contributed by atoms with E-state index in [4.69, 9.17) is 4.74 Å². The number of hydrogen-bond acceptors (Lipinski definition) is 4. The summed E-state index contributed by atoms with van der Waals surface area (Å²) in [6, 6.07) is 4.86. The number of ether oxygens (including phenoxy) is 1. The molecule has 22 heavy (non-hydrogen) atoms. The van der Waals surface area contributed by atoms with E-state index in [1.165, 1.54) is 6.07 Å². The number of hydrogen-bond donors (Lipinski definition) is 1. The van der Waals surface area contributed by atoms with Crippen molar-refractivity contribution in [3.05, 3.63) is 23.8 Å². The van der Waals surface area contributed by atoms with Crippen LogP contribution in [0.1, 0.15) is 25.8 Å². The van der Waals surface area contributed by atoms with Gasteiger partial charge in [-0.3, -0.25) is 4.79 Å². The number of amides is 1. The lowest BCUT2D eigenvalue weighted by molar-refractivity contribution is -0.118. The van der Waals surface area contributed by atoms with Gasteiger partial charge < -0.3 is 9.64 Å². The minimum Gasteiger partial charge on any atom is -0.377 e. The van der Waals surface area contributed by atoms with Gasteiger partial charge in [0.05, 0.1) is 17.6 Å². The molecule has 2 rings (SSSR count). The van der Waals surface area contributed by atoms with Gasteiger partial charge in [0.25, 0.3) is 0 Å². The van der Waals surface area contributed by atoms with Crippen LogP contribution in [0.15, 0.2) is 23.1 Å². The van der Waals surface area contributed by atoms with E-state index in [1.807, 2.05) is 13.8 Å². The van der Waals surface area contributed by atoms with Crippen molar-refractivity contribution < 1.29 is 17.9 Å². The second-order valence-corrected chi connectivity index (χ2v) is 7.33. The Morgan fingerprint density at radius 3 is 2.73 bits per heavy atom. The molecule has 0 unspecified atom stereocenters. The molecule has 0 saturated heterocycles. The van der Waals surface area contributed by atoms with Crippen molar-refractivity contribution in [1.82, 2.24) is 4.72 Å². The van der Waals surface area contributed by atoms with Crippen LogP contribution in [0.25, 0.3) is 0 Å². The number of anilines is 1. The minimum absolute atomic E-state index is 0.0482. The summed E-state index contributed by atoms with van der Waals surface area (Å²) in [4.78, 5) is 13.4. The zero-order valence-electron chi connectivity index (χ0n) is 13.1. The fraction of sp³-hybridized carbons (Fsp3) is 0.533. The van der Waals surface area contributed by atoms with E-state index in [-0.39, 0.29) is 23.5 Å². The van der Waals surface area contributed by atoms with Crippen molar-refractivity contribution in [2.24, 2.45) is 0 Å². The maximum atomic E-state index is 12.3. The summed E-state index contributed by atoms with van der Waals surface area (Å²) in [6.45, 7) is 4.36. The minimum atomic E-state index is -3.56. The van der Waals surface area contributed by atoms with Gasteiger partial charge in [0.2, 0.25) is 15.9 Å². The largest absolute Gasteiger partial charge is 0.377 e. The normalized spacial score (nSPS) is 15.3. The summed E-state index contributed by atoms with van der Waals surface area (Å²) < 4.78 is 32.4. The van der Waals surface area contributed by atoms with Gasteiger partial charge in [0.15, 0.2) is 0 Å². The number of benzene rings is 1. The smallest absolute Gasteiger partial charge is 0.240 e. The van der Waals surface area contributed by atoms with Crippen LogP contribution >= 0.6 is 0 Å². The lowest BCUT2D eigenvalue weighted by Gasteiger charge is -2.26. The number of nitrogens with one attached hydrogen (secondary N) is 1. The number of fused-ring (bicyclic) bond motifs is 1. The van der Waals surface area contributed by atoms with E-state index in [9.17, 15) is 13.2 Å². The summed E-state index contributed by atoms with van der Waals surface area (Å²) in [5.74, 6) is 0.0482. The Kier molecular flexibility index (Phi) is 5.20. The molecule has 0 aromatic heterocycles. The standard InChI is InChI=1S/C15H22N2O4S/c1-11(2)21-9-8-16-22(19,20)13-5-6-14-12(10-13)4-7-15(18)17(14)3/h5-6,10-11,16H,4,7-9H2,1-3H3. The van der Waals surface area contributed by atoms with Crippen LogP contribution in [0.4, 0.5) is 5.69 Å². The first kappa shape index (κ1) is 16.9. The maximum absolute atomic E-state index is 12.3. The van der Waals surface area contributed by atoms with E-state index in [0.717, 1.165) is 11.3 Å². The average molecular weight is 326 g/mol. The molecular weight excluding hydrogens is 304 g/mol. The zero-order chi connectivity index (χ0) is 16.3. The first-order chi connectivity index (χ1) is 10.3. The number of nitrogens with zero attached hydrogens (tertiary/aromatic N) is 1. The van der Waals surface area contributed by atoms with Gasteiger partial charge in [-0.1, -0.05) is 0 Å². The number of aryl methyl sites for hydroxylation is 1. The lowest BCUT2D eigenvalue weighted by atomic mass is 10.0. The highest BCUT2D eigenvalue weighted by Gasteiger charge is 2.23. The van der Waals surface area contributed by atoms with Crippen molar-refractivity contribution in [3.8, 4) is 0 Å². The summed E-state index contributed by atoms with van der Waals surface area (Å²) in [7, 11) is -1.85. The fourth-order valence-corrected chi connectivity index (χ4v) is 3.42. The van der Waals surface area contributed by atoms with Gasteiger partial charge in [0.1, 0.15) is 0 Å². The van der Waals surface area contributed by atoms with Crippen LogP contribution in [0.2, 0.25) is 0 Å². The highest BCUT2D eigenvalue weighted by molar-refractivity contribution is 7.89. The van der Waals surface area contributed by atoms with E-state index in [1.54, 1.807) is 24.1 Å². The molecule has 0 spiro atoms. The van der Waals surface area contributed by atoms with Gasteiger partial charge in [-0.2, -0.15) is 0 Å². The van der Waals surface area contributed by atoms with E-state index in [0.29, 0.717) is 19.4 Å². The van der Waals surface area contributed by atoms with Gasteiger partial charge in [-0.25, -0.2) is 13.1 Å². The highest BCUT2D eigenvalue weighted by atomic mass is 32.2. The predicted octanol–water partition coefficient (Wildman–Crippen LogP) is 1.30. The zero-order valence-corrected chi connectivity index (χ0v) is 13.9. The Bertz CT molecular complexity index is 656. The Morgan fingerprint density at radius 1 is 1.32 bits per heavy atom. The molecule has 0 radical (unpaired) electrons. The molecule has 0 aliphatic carbocycles. The van der Waals surface area contributed by atoms with Gasteiger partial charge in [-0.15, -0.1) is 0 Å². The third kappa shape index (κ3) is 3.85. The van der Waals surface area contributed by atoms with E-state index in [2.05, 4.69) is 4.72 Å². The maximum Gasteiger partial charge on any atom is 0.240 e. The summed E-state index contributed by atoms with van der Waals surface area (Å²) in [6.07, 6.45) is 1.04. The van der Waals surface area contributed by atoms with Crippen molar-refractivity contribution in [2.45, 2.75) is 37.7 Å². The molecular formula is C15H22N2O4S. The van der Waals surface area contributed by atoms with Crippen LogP contribution in [0, 0.1) is 0 Å². The van der Waals surface area contributed by atoms with E-state index >= 15 is 0 Å². The Hall–Kier alpha value is -1.44. The molecule has 0 saturated carbocycles. The van der Waals surface area contributed by atoms with Crippen molar-refractivity contribution in [2.75, 3.05) is 25.1 Å². The number of carbonyl (C=O) groups is 1. The summed E-state index contributed by atoms with van der Waals surface area (Å²) in [5.41, 5.74) is 1.65. The molecule has 1 aliphatic heterocycles. The SMILES string of the molecule is CC(C)OCCNS(=O)(=O)c1ccc2c(c1)CCC(=O)N2C. The second kappa shape index (κ2) is 6.76. The quantitative estimate of drug-likeness (QED) is 0.800. The first-order valence-corrected chi connectivity index (χ1v) is 8.80. The summed E-state index contributed by atoms with van der Waals surface area (Å²) >= 11 is 0. The Morgan fingerprint density at radius 2 is 2.05 bits per heavy atom. The molecule has 1 aromatic rings. The van der Waals surface area contributed by atoms with Gasteiger partial charge >= 0.3 is 0 Å². The molecule has 1 aliphatic rings. The van der Waals surface area contributed by atoms with Crippen LogP contribution in [-0.2, 0) is 26.0 Å². The van der Waals surface area contributed by atoms with Gasteiger partial charge in [-0.05, 0) is 44.0 Å².